The van der Waals surface area contributed by atoms with Crippen LogP contribution in [0.4, 0.5) is 4.39 Å². The second kappa shape index (κ2) is 7.93. The minimum Gasteiger partial charge on any atom is -0.386 e. The maximum Gasteiger partial charge on any atom is 0.261 e. The Bertz CT molecular complexity index is 627. The maximum atomic E-state index is 12.7. The van der Waals surface area contributed by atoms with Crippen LogP contribution in [0, 0.1) is 5.82 Å². The monoisotopic (exact) mass is 300 g/mol. The van der Waals surface area contributed by atoms with Gasteiger partial charge in [-0.25, -0.2) is 4.39 Å². The Kier molecular flexibility index (Phi) is 5.65. The summed E-state index contributed by atoms with van der Waals surface area (Å²) in [5.74, 6) is -0.569. The van der Waals surface area contributed by atoms with E-state index in [1.54, 1.807) is 12.1 Å². The number of oxime groups is 1. The molecule has 1 atom stereocenters. The third-order valence-corrected chi connectivity index (χ3v) is 3.02. The number of benzene rings is 2. The molecule has 4 nitrogen and oxygen atoms in total. The quantitative estimate of drug-likeness (QED) is 0.658. The Labute approximate surface area is 128 Å². The summed E-state index contributed by atoms with van der Waals surface area (Å²) < 4.78 is 12.7. The zero-order chi connectivity index (χ0) is 15.8. The van der Waals surface area contributed by atoms with E-state index in [2.05, 4.69) is 10.5 Å². The molecule has 0 spiro atoms. The summed E-state index contributed by atoms with van der Waals surface area (Å²) in [5, 5.41) is 6.50. The topological polar surface area (TPSA) is 50.7 Å². The van der Waals surface area contributed by atoms with Gasteiger partial charge in [0.2, 0.25) is 0 Å². The van der Waals surface area contributed by atoms with Crippen molar-refractivity contribution in [2.45, 2.75) is 13.0 Å². The van der Waals surface area contributed by atoms with Gasteiger partial charge in [-0.15, -0.1) is 0 Å². The van der Waals surface area contributed by atoms with E-state index in [4.69, 9.17) is 4.84 Å². The van der Waals surface area contributed by atoms with E-state index in [9.17, 15) is 9.18 Å². The molecule has 2 aromatic rings. The summed E-state index contributed by atoms with van der Waals surface area (Å²) in [6, 6.07) is 15.3. The number of amides is 1. The molecule has 22 heavy (non-hydrogen) atoms. The van der Waals surface area contributed by atoms with Crippen LogP contribution in [-0.4, -0.2) is 18.7 Å². The molecule has 2 aromatic carbocycles. The van der Waals surface area contributed by atoms with E-state index >= 15 is 0 Å². The Morgan fingerprint density at radius 1 is 1.23 bits per heavy atom. The molecule has 0 aromatic heterocycles. The lowest BCUT2D eigenvalue weighted by molar-refractivity contribution is -0.126. The lowest BCUT2D eigenvalue weighted by Gasteiger charge is -2.13. The molecule has 0 aliphatic heterocycles. The third-order valence-electron chi connectivity index (χ3n) is 3.02. The summed E-state index contributed by atoms with van der Waals surface area (Å²) >= 11 is 0. The van der Waals surface area contributed by atoms with E-state index < -0.39 is 0 Å². The number of nitrogens with zero attached hydrogens (tertiary/aromatic N) is 1. The highest BCUT2D eigenvalue weighted by molar-refractivity contribution is 5.79. The van der Waals surface area contributed by atoms with Crippen LogP contribution in [0.3, 0.4) is 0 Å². The average molecular weight is 300 g/mol. The Hall–Kier alpha value is -2.69. The highest BCUT2D eigenvalue weighted by Gasteiger charge is 2.09. The van der Waals surface area contributed by atoms with Crippen molar-refractivity contribution < 1.29 is 14.0 Å². The van der Waals surface area contributed by atoms with Gasteiger partial charge >= 0.3 is 0 Å². The van der Waals surface area contributed by atoms with Crippen molar-refractivity contribution in [3.8, 4) is 0 Å². The van der Waals surface area contributed by atoms with Gasteiger partial charge in [0.05, 0.1) is 12.3 Å². The molecule has 0 bridgehead atoms. The van der Waals surface area contributed by atoms with Crippen molar-refractivity contribution in [3.05, 3.63) is 71.5 Å². The number of hydrogen-bond donors (Lipinski definition) is 1. The third kappa shape index (κ3) is 5.01. The van der Waals surface area contributed by atoms with Crippen molar-refractivity contribution in [1.82, 2.24) is 5.32 Å². The van der Waals surface area contributed by atoms with Crippen molar-refractivity contribution >= 4 is 12.1 Å². The fourth-order valence-electron chi connectivity index (χ4n) is 1.85. The summed E-state index contributed by atoms with van der Waals surface area (Å²) in [6.07, 6.45) is 1.42. The van der Waals surface area contributed by atoms with Gasteiger partial charge < -0.3 is 10.2 Å². The number of rotatable bonds is 6. The zero-order valence-corrected chi connectivity index (χ0v) is 12.2. The van der Waals surface area contributed by atoms with Crippen LogP contribution in [0.2, 0.25) is 0 Å². The normalized spacial score (nSPS) is 12.1. The fourth-order valence-corrected chi connectivity index (χ4v) is 1.85. The van der Waals surface area contributed by atoms with Gasteiger partial charge in [-0.2, -0.15) is 0 Å². The van der Waals surface area contributed by atoms with Crippen molar-refractivity contribution in [2.75, 3.05) is 6.61 Å². The highest BCUT2D eigenvalue weighted by atomic mass is 19.1. The molecule has 0 aliphatic rings. The smallest absolute Gasteiger partial charge is 0.261 e. The van der Waals surface area contributed by atoms with Crippen LogP contribution < -0.4 is 5.32 Å². The second-order valence-electron chi connectivity index (χ2n) is 4.76. The molecule has 2 rings (SSSR count). The first kappa shape index (κ1) is 15.7. The molecule has 0 heterocycles. The highest BCUT2D eigenvalue weighted by Crippen LogP contribution is 2.10. The minimum atomic E-state index is -0.313. The fraction of sp³-hybridized carbons (Fsp3) is 0.176. The van der Waals surface area contributed by atoms with E-state index in [0.29, 0.717) is 5.56 Å². The molecule has 0 saturated heterocycles. The molecular formula is C17H17FN2O2. The van der Waals surface area contributed by atoms with Gasteiger partial charge in [0.25, 0.3) is 5.91 Å². The Balaban J connectivity index is 1.75. The molecule has 1 amide bonds. The molecule has 5 heteroatoms. The van der Waals surface area contributed by atoms with Crippen molar-refractivity contribution in [2.24, 2.45) is 5.16 Å². The van der Waals surface area contributed by atoms with Crippen LogP contribution in [0.5, 0.6) is 0 Å². The van der Waals surface area contributed by atoms with E-state index in [0.717, 1.165) is 5.56 Å². The average Bonchev–Trinajstić information content (AvgIpc) is 2.54. The van der Waals surface area contributed by atoms with Crippen molar-refractivity contribution in [3.63, 3.8) is 0 Å². The predicted octanol–water partition coefficient (Wildman–Crippen LogP) is 3.05. The summed E-state index contributed by atoms with van der Waals surface area (Å²) in [4.78, 5) is 16.7. The first-order chi connectivity index (χ1) is 10.6. The van der Waals surface area contributed by atoms with Crippen LogP contribution >= 0.6 is 0 Å². The largest absolute Gasteiger partial charge is 0.386 e. The number of carbonyl (C=O) groups excluding carboxylic acids is 1. The molecule has 114 valence electrons. The van der Waals surface area contributed by atoms with Gasteiger partial charge in [-0.1, -0.05) is 47.6 Å². The summed E-state index contributed by atoms with van der Waals surface area (Å²) in [7, 11) is 0. The second-order valence-corrected chi connectivity index (χ2v) is 4.76. The summed E-state index contributed by atoms with van der Waals surface area (Å²) in [5.41, 5.74) is 1.71. The standard InChI is InChI=1S/C17H17FN2O2/c1-13(15-5-3-2-4-6-15)20-17(21)12-22-19-11-14-7-9-16(18)10-8-14/h2-11,13H,12H2,1H3,(H,20,21)/b19-11+. The number of carbonyl (C=O) groups is 1. The molecule has 0 aliphatic carbocycles. The van der Waals surface area contributed by atoms with Gasteiger partial charge in [-0.3, -0.25) is 4.79 Å². The number of halogens is 1. The van der Waals surface area contributed by atoms with Crippen LogP contribution in [-0.2, 0) is 9.63 Å². The van der Waals surface area contributed by atoms with Crippen LogP contribution in [0.25, 0.3) is 0 Å². The van der Waals surface area contributed by atoms with E-state index in [-0.39, 0.29) is 24.4 Å². The Morgan fingerprint density at radius 2 is 1.91 bits per heavy atom. The first-order valence-corrected chi connectivity index (χ1v) is 6.90. The molecule has 0 radical (unpaired) electrons. The van der Waals surface area contributed by atoms with Crippen molar-refractivity contribution in [1.29, 1.82) is 0 Å². The van der Waals surface area contributed by atoms with E-state index in [1.807, 2.05) is 37.3 Å². The first-order valence-electron chi connectivity index (χ1n) is 6.90. The SMILES string of the molecule is CC(NC(=O)CO/N=C/c1ccc(F)cc1)c1ccccc1. The summed E-state index contributed by atoms with van der Waals surface area (Å²) in [6.45, 7) is 1.73. The lowest BCUT2D eigenvalue weighted by atomic mass is 10.1. The molecular weight excluding hydrogens is 283 g/mol. The maximum absolute atomic E-state index is 12.7. The molecule has 0 fully saturated rings. The van der Waals surface area contributed by atoms with Gasteiger partial charge in [0, 0.05) is 0 Å². The van der Waals surface area contributed by atoms with Gasteiger partial charge in [0.1, 0.15) is 5.82 Å². The minimum absolute atomic E-state index is 0.0987. The molecule has 1 N–H and O–H groups in total. The Morgan fingerprint density at radius 3 is 2.59 bits per heavy atom. The van der Waals surface area contributed by atoms with Gasteiger partial charge in [-0.05, 0) is 30.2 Å². The predicted molar refractivity (Wildman–Crippen MR) is 82.9 cm³/mol. The molecule has 0 saturated carbocycles. The lowest BCUT2D eigenvalue weighted by Crippen LogP contribution is -2.29. The van der Waals surface area contributed by atoms with Crippen LogP contribution in [0.15, 0.2) is 59.8 Å². The van der Waals surface area contributed by atoms with E-state index in [1.165, 1.54) is 18.3 Å². The number of nitrogens with one attached hydrogen (secondary N) is 1. The number of hydrogen-bond acceptors (Lipinski definition) is 3. The molecule has 1 unspecified atom stereocenters. The van der Waals surface area contributed by atoms with Gasteiger partial charge in [0.15, 0.2) is 6.61 Å². The van der Waals surface area contributed by atoms with Crippen LogP contribution in [0.1, 0.15) is 24.1 Å². The zero-order valence-electron chi connectivity index (χ0n) is 12.2.